The summed E-state index contributed by atoms with van der Waals surface area (Å²) >= 11 is 12.0. The molecule has 1 N–H and O–H groups in total. The Kier molecular flexibility index (Phi) is 6.36. The van der Waals surface area contributed by atoms with Gasteiger partial charge in [0.05, 0.1) is 11.9 Å². The number of amides is 1. The Hall–Kier alpha value is -2.28. The van der Waals surface area contributed by atoms with Crippen molar-refractivity contribution >= 4 is 55.6 Å². The van der Waals surface area contributed by atoms with Gasteiger partial charge in [0.25, 0.3) is 0 Å². The maximum Gasteiger partial charge on any atom is 0.243 e. The number of hydrogen-bond acceptors (Lipinski definition) is 3. The third-order valence-electron chi connectivity index (χ3n) is 4.52. The van der Waals surface area contributed by atoms with E-state index in [-0.39, 0.29) is 22.3 Å². The van der Waals surface area contributed by atoms with Crippen LogP contribution in [0.1, 0.15) is 12.5 Å². The van der Waals surface area contributed by atoms with Gasteiger partial charge in [0.15, 0.2) is 0 Å². The van der Waals surface area contributed by atoms with Crippen molar-refractivity contribution in [3.8, 4) is 0 Å². The molecule has 0 radical (unpaired) electrons. The molecule has 152 valence electrons. The van der Waals surface area contributed by atoms with E-state index >= 15 is 0 Å². The number of hydrogen-bond donors (Lipinski definition) is 1. The van der Waals surface area contributed by atoms with Crippen LogP contribution in [0.3, 0.4) is 0 Å². The van der Waals surface area contributed by atoms with Crippen LogP contribution >= 0.6 is 23.2 Å². The fourth-order valence-electron chi connectivity index (χ4n) is 3.25. The molecule has 0 fully saturated rings. The predicted molar refractivity (Wildman–Crippen MR) is 119 cm³/mol. The van der Waals surface area contributed by atoms with E-state index in [0.717, 1.165) is 26.9 Å². The second-order valence-corrected chi connectivity index (χ2v) is 9.45. The third-order valence-corrected chi connectivity index (χ3v) is 6.20. The van der Waals surface area contributed by atoms with Gasteiger partial charge in [-0.05, 0) is 41.5 Å². The summed E-state index contributed by atoms with van der Waals surface area (Å²) in [5, 5.41) is 5.50. The summed E-state index contributed by atoms with van der Waals surface area (Å²) in [4.78, 5) is 12.8. The van der Waals surface area contributed by atoms with Gasteiger partial charge in [-0.3, -0.25) is 9.10 Å². The first-order valence-corrected chi connectivity index (χ1v) is 11.5. The first kappa shape index (κ1) is 21.4. The summed E-state index contributed by atoms with van der Waals surface area (Å²) in [5.74, 6) is -0.431. The molecule has 0 spiro atoms. The zero-order valence-corrected chi connectivity index (χ0v) is 18.2. The maximum atomic E-state index is 12.8. The Labute approximate surface area is 180 Å². The average molecular weight is 451 g/mol. The van der Waals surface area contributed by atoms with Gasteiger partial charge in [0.1, 0.15) is 6.04 Å². The molecular weight excluding hydrogens is 431 g/mol. The van der Waals surface area contributed by atoms with Crippen LogP contribution < -0.4 is 9.62 Å². The zero-order valence-electron chi connectivity index (χ0n) is 15.9. The van der Waals surface area contributed by atoms with Crippen molar-refractivity contribution in [3.63, 3.8) is 0 Å². The van der Waals surface area contributed by atoms with Gasteiger partial charge in [-0.2, -0.15) is 0 Å². The fraction of sp³-hybridized carbons (Fsp3) is 0.190. The lowest BCUT2D eigenvalue weighted by molar-refractivity contribution is -0.122. The van der Waals surface area contributed by atoms with E-state index in [1.165, 1.54) is 25.1 Å². The number of nitrogens with one attached hydrogen (secondary N) is 1. The minimum atomic E-state index is -3.76. The molecular formula is C21H20Cl2N2O3S. The van der Waals surface area contributed by atoms with Gasteiger partial charge in [-0.25, -0.2) is 8.42 Å². The largest absolute Gasteiger partial charge is 0.350 e. The maximum absolute atomic E-state index is 12.8. The Morgan fingerprint density at radius 1 is 1.03 bits per heavy atom. The molecule has 3 aromatic carbocycles. The molecule has 0 aliphatic heterocycles. The molecule has 5 nitrogen and oxygen atoms in total. The van der Waals surface area contributed by atoms with Crippen molar-refractivity contribution in [2.24, 2.45) is 0 Å². The van der Waals surface area contributed by atoms with E-state index in [1.54, 1.807) is 0 Å². The number of sulfonamides is 1. The summed E-state index contributed by atoms with van der Waals surface area (Å²) in [7, 11) is -3.76. The minimum Gasteiger partial charge on any atom is -0.350 e. The second-order valence-electron chi connectivity index (χ2n) is 6.72. The Bertz CT molecular complexity index is 1140. The Balaban J connectivity index is 1.84. The molecule has 0 aliphatic carbocycles. The molecule has 0 bridgehead atoms. The average Bonchev–Trinajstić information content (AvgIpc) is 2.64. The summed E-state index contributed by atoms with van der Waals surface area (Å²) in [6, 6.07) is 17.1. The van der Waals surface area contributed by atoms with E-state index in [2.05, 4.69) is 5.32 Å². The molecule has 0 aliphatic rings. The number of carbonyl (C=O) groups is 1. The highest BCUT2D eigenvalue weighted by Gasteiger charge is 2.29. The van der Waals surface area contributed by atoms with E-state index < -0.39 is 22.0 Å². The van der Waals surface area contributed by atoms with Gasteiger partial charge >= 0.3 is 0 Å². The quantitative estimate of drug-likeness (QED) is 0.595. The number of carbonyl (C=O) groups excluding carboxylic acids is 1. The minimum absolute atomic E-state index is 0.234. The molecule has 0 saturated carbocycles. The second kappa shape index (κ2) is 8.61. The van der Waals surface area contributed by atoms with Crippen LogP contribution in [0.2, 0.25) is 10.0 Å². The van der Waals surface area contributed by atoms with E-state index in [9.17, 15) is 13.2 Å². The fourth-order valence-corrected chi connectivity index (χ4v) is 4.93. The van der Waals surface area contributed by atoms with Crippen molar-refractivity contribution in [1.82, 2.24) is 5.32 Å². The molecule has 0 saturated heterocycles. The van der Waals surface area contributed by atoms with Crippen molar-refractivity contribution < 1.29 is 13.2 Å². The molecule has 0 aromatic heterocycles. The molecule has 29 heavy (non-hydrogen) atoms. The van der Waals surface area contributed by atoms with Crippen LogP contribution in [-0.4, -0.2) is 26.6 Å². The lowest BCUT2D eigenvalue weighted by Gasteiger charge is -2.28. The van der Waals surface area contributed by atoms with Crippen LogP contribution in [-0.2, 0) is 21.4 Å². The van der Waals surface area contributed by atoms with Crippen LogP contribution in [0.25, 0.3) is 10.8 Å². The number of rotatable bonds is 6. The predicted octanol–water partition coefficient (Wildman–Crippen LogP) is 4.62. The molecule has 1 amide bonds. The van der Waals surface area contributed by atoms with Gasteiger partial charge in [0, 0.05) is 16.6 Å². The first-order valence-electron chi connectivity index (χ1n) is 8.86. The van der Waals surface area contributed by atoms with Crippen molar-refractivity contribution in [2.75, 3.05) is 10.6 Å². The van der Waals surface area contributed by atoms with Crippen LogP contribution in [0.4, 0.5) is 5.69 Å². The summed E-state index contributed by atoms with van der Waals surface area (Å²) in [5.41, 5.74) is 1.18. The van der Waals surface area contributed by atoms with E-state index in [0.29, 0.717) is 0 Å². The molecule has 8 heteroatoms. The zero-order chi connectivity index (χ0) is 21.2. The lowest BCUT2D eigenvalue weighted by atomic mass is 10.0. The summed E-state index contributed by atoms with van der Waals surface area (Å²) in [6.45, 7) is 1.80. The monoisotopic (exact) mass is 450 g/mol. The number of anilines is 1. The standard InChI is InChI=1S/C21H20Cl2N2O3S/c1-14(25(29(2,27)28)19-11-17(22)10-18(23)12-19)21(26)24-13-16-8-5-7-15-6-3-4-9-20(15)16/h3-12,14H,13H2,1-2H3,(H,24,26)/t14-/m0/s1. The van der Waals surface area contributed by atoms with Crippen LogP contribution in [0.5, 0.6) is 0 Å². The molecule has 1 atom stereocenters. The smallest absolute Gasteiger partial charge is 0.243 e. The Morgan fingerprint density at radius 2 is 1.66 bits per heavy atom. The highest BCUT2D eigenvalue weighted by atomic mass is 35.5. The number of benzene rings is 3. The molecule has 3 rings (SSSR count). The number of fused-ring (bicyclic) bond motifs is 1. The van der Waals surface area contributed by atoms with Gasteiger partial charge in [0.2, 0.25) is 15.9 Å². The third kappa shape index (κ3) is 5.01. The molecule has 0 unspecified atom stereocenters. The number of nitrogens with zero attached hydrogens (tertiary/aromatic N) is 1. The highest BCUT2D eigenvalue weighted by Crippen LogP contribution is 2.28. The lowest BCUT2D eigenvalue weighted by Crippen LogP contribution is -2.47. The topological polar surface area (TPSA) is 66.5 Å². The SMILES string of the molecule is C[C@@H](C(=O)NCc1cccc2ccccc12)N(c1cc(Cl)cc(Cl)c1)S(C)(=O)=O. The first-order chi connectivity index (χ1) is 13.7. The van der Waals surface area contributed by atoms with Crippen molar-refractivity contribution in [2.45, 2.75) is 19.5 Å². The normalized spacial score (nSPS) is 12.6. The van der Waals surface area contributed by atoms with E-state index in [4.69, 9.17) is 23.2 Å². The van der Waals surface area contributed by atoms with Crippen molar-refractivity contribution in [1.29, 1.82) is 0 Å². The van der Waals surface area contributed by atoms with Gasteiger partial charge in [-0.1, -0.05) is 65.7 Å². The van der Waals surface area contributed by atoms with Crippen LogP contribution in [0, 0.1) is 0 Å². The summed E-state index contributed by atoms with van der Waals surface area (Å²) in [6.07, 6.45) is 1.04. The highest BCUT2D eigenvalue weighted by molar-refractivity contribution is 7.92. The number of halogens is 2. The molecule has 0 heterocycles. The molecule has 3 aromatic rings. The van der Waals surface area contributed by atoms with E-state index in [1.807, 2.05) is 42.5 Å². The van der Waals surface area contributed by atoms with Crippen molar-refractivity contribution in [3.05, 3.63) is 76.3 Å². The van der Waals surface area contributed by atoms with Gasteiger partial charge < -0.3 is 5.32 Å². The van der Waals surface area contributed by atoms with Crippen LogP contribution in [0.15, 0.2) is 60.7 Å². The van der Waals surface area contributed by atoms with Gasteiger partial charge in [-0.15, -0.1) is 0 Å². The summed E-state index contributed by atoms with van der Waals surface area (Å²) < 4.78 is 25.8. The Morgan fingerprint density at radius 3 is 2.31 bits per heavy atom.